The highest BCUT2D eigenvalue weighted by Crippen LogP contribution is 2.31. The van der Waals surface area contributed by atoms with Gasteiger partial charge in [0.05, 0.1) is 12.5 Å². The number of nitrogens with zero attached hydrogens (tertiary/aromatic N) is 2. The lowest BCUT2D eigenvalue weighted by Crippen LogP contribution is -2.58. The summed E-state index contributed by atoms with van der Waals surface area (Å²) < 4.78 is 0. The largest absolute Gasteiger partial charge is 0.344 e. The first kappa shape index (κ1) is 30.1. The first-order valence-corrected chi connectivity index (χ1v) is 14.3. The second kappa shape index (κ2) is 13.6. The van der Waals surface area contributed by atoms with E-state index in [9.17, 15) is 19.6 Å². The third-order valence-corrected chi connectivity index (χ3v) is 8.28. The van der Waals surface area contributed by atoms with Gasteiger partial charge in [-0.3, -0.25) is 19.6 Å². The molecule has 0 bridgehead atoms. The molecule has 3 N–H and O–H groups in total. The SMILES string of the molecule is Cc1ccc(CNC2CCN(C(=O)[C@H](NC(=O)[C@@H](CC3CCCC3)CN(O)C=O)C(C)(C)C)CC2)c(C)c1. The number of carbonyl (C=O) groups is 3. The van der Waals surface area contributed by atoms with Gasteiger partial charge in [-0.1, -0.05) is 70.2 Å². The summed E-state index contributed by atoms with van der Waals surface area (Å²) in [6.45, 7) is 12.2. The maximum absolute atomic E-state index is 13.7. The van der Waals surface area contributed by atoms with Gasteiger partial charge in [-0.05, 0) is 55.6 Å². The predicted molar refractivity (Wildman–Crippen MR) is 148 cm³/mol. The molecule has 2 fully saturated rings. The number of aryl methyl sites for hydroxylation is 2. The highest BCUT2D eigenvalue weighted by Gasteiger charge is 2.38. The number of piperidine rings is 1. The Bertz CT molecular complexity index is 946. The van der Waals surface area contributed by atoms with Crippen LogP contribution in [0.1, 0.15) is 82.4 Å². The Hall–Kier alpha value is -2.45. The Labute approximate surface area is 228 Å². The van der Waals surface area contributed by atoms with Gasteiger partial charge in [0.15, 0.2) is 0 Å². The fraction of sp³-hybridized carbons (Fsp3) is 0.700. The summed E-state index contributed by atoms with van der Waals surface area (Å²) in [6, 6.07) is 6.19. The molecule has 1 saturated heterocycles. The molecule has 8 heteroatoms. The van der Waals surface area contributed by atoms with E-state index >= 15 is 0 Å². The number of carbonyl (C=O) groups excluding carboxylic acids is 3. The summed E-state index contributed by atoms with van der Waals surface area (Å²) in [5, 5.41) is 17.1. The van der Waals surface area contributed by atoms with Crippen LogP contribution in [0.3, 0.4) is 0 Å². The minimum absolute atomic E-state index is 0.0606. The van der Waals surface area contributed by atoms with Crippen molar-refractivity contribution in [2.45, 2.75) is 98.2 Å². The summed E-state index contributed by atoms with van der Waals surface area (Å²) >= 11 is 0. The van der Waals surface area contributed by atoms with Crippen LogP contribution in [-0.2, 0) is 20.9 Å². The van der Waals surface area contributed by atoms with E-state index in [1.807, 2.05) is 25.7 Å². The van der Waals surface area contributed by atoms with Crippen molar-refractivity contribution in [3.63, 3.8) is 0 Å². The Kier molecular flexibility index (Phi) is 10.7. The maximum Gasteiger partial charge on any atom is 0.245 e. The number of nitrogens with one attached hydrogen (secondary N) is 2. The van der Waals surface area contributed by atoms with E-state index < -0.39 is 17.4 Å². The van der Waals surface area contributed by atoms with Crippen LogP contribution in [-0.4, -0.2) is 65.1 Å². The molecule has 2 aliphatic rings. The first-order valence-electron chi connectivity index (χ1n) is 14.3. The normalized spacial score (nSPS) is 18.7. The molecule has 1 heterocycles. The zero-order chi connectivity index (χ0) is 27.9. The van der Waals surface area contributed by atoms with Crippen LogP contribution >= 0.6 is 0 Å². The smallest absolute Gasteiger partial charge is 0.245 e. The zero-order valence-corrected chi connectivity index (χ0v) is 24.0. The highest BCUT2D eigenvalue weighted by molar-refractivity contribution is 5.89. The Morgan fingerprint density at radius 2 is 1.79 bits per heavy atom. The summed E-state index contributed by atoms with van der Waals surface area (Å²) in [4.78, 5) is 40.0. The van der Waals surface area contributed by atoms with Crippen LogP contribution in [0.15, 0.2) is 18.2 Å². The highest BCUT2D eigenvalue weighted by atomic mass is 16.5. The van der Waals surface area contributed by atoms with E-state index in [2.05, 4.69) is 42.7 Å². The van der Waals surface area contributed by atoms with Crippen molar-refractivity contribution in [3.05, 3.63) is 34.9 Å². The summed E-state index contributed by atoms with van der Waals surface area (Å²) in [6.07, 6.45) is 7.09. The average Bonchev–Trinajstić information content (AvgIpc) is 3.38. The minimum Gasteiger partial charge on any atom is -0.344 e. The predicted octanol–water partition coefficient (Wildman–Crippen LogP) is 3.96. The second-order valence-electron chi connectivity index (χ2n) is 12.5. The molecule has 8 nitrogen and oxygen atoms in total. The van der Waals surface area contributed by atoms with Gasteiger partial charge in [-0.15, -0.1) is 0 Å². The lowest BCUT2D eigenvalue weighted by Gasteiger charge is -2.39. The standard InChI is InChI=1S/C30H48N4O4/c1-21-10-11-24(22(2)16-21)18-31-26-12-14-33(15-13-26)29(37)27(30(3,4)5)32-28(36)25(19-34(38)20-35)17-23-8-6-7-9-23/h10-11,16,20,23,25-27,31,38H,6-9,12-15,17-19H2,1-5H3,(H,32,36)/t25-,27-/m0/s1. The molecule has 3 amide bonds. The van der Waals surface area contributed by atoms with Crippen molar-refractivity contribution in [1.82, 2.24) is 20.6 Å². The monoisotopic (exact) mass is 528 g/mol. The number of amides is 3. The second-order valence-corrected chi connectivity index (χ2v) is 12.5. The zero-order valence-electron chi connectivity index (χ0n) is 24.0. The molecule has 1 saturated carbocycles. The molecule has 3 rings (SSSR count). The molecule has 1 aromatic carbocycles. The van der Waals surface area contributed by atoms with Crippen LogP contribution in [0.4, 0.5) is 0 Å². The molecule has 0 radical (unpaired) electrons. The van der Waals surface area contributed by atoms with E-state index in [-0.39, 0.29) is 18.4 Å². The van der Waals surface area contributed by atoms with Crippen molar-refractivity contribution in [1.29, 1.82) is 0 Å². The third-order valence-electron chi connectivity index (χ3n) is 8.28. The quantitative estimate of drug-likeness (QED) is 0.229. The van der Waals surface area contributed by atoms with Crippen LogP contribution in [0.5, 0.6) is 0 Å². The number of likely N-dealkylation sites (tertiary alicyclic amines) is 1. The molecule has 2 atom stereocenters. The summed E-state index contributed by atoms with van der Waals surface area (Å²) in [5.74, 6) is -0.471. The first-order chi connectivity index (χ1) is 18.0. The summed E-state index contributed by atoms with van der Waals surface area (Å²) in [5.41, 5.74) is 3.37. The number of benzene rings is 1. The van der Waals surface area contributed by atoms with Gasteiger partial charge in [0.2, 0.25) is 18.2 Å². The van der Waals surface area contributed by atoms with Crippen molar-refractivity contribution in [2.24, 2.45) is 17.3 Å². The van der Waals surface area contributed by atoms with Crippen LogP contribution in [0.2, 0.25) is 0 Å². The number of hydrogen-bond donors (Lipinski definition) is 3. The molecule has 0 aromatic heterocycles. The Morgan fingerprint density at radius 3 is 2.37 bits per heavy atom. The molecule has 0 unspecified atom stereocenters. The van der Waals surface area contributed by atoms with E-state index in [4.69, 9.17) is 0 Å². The molecule has 38 heavy (non-hydrogen) atoms. The fourth-order valence-electron chi connectivity index (χ4n) is 5.88. The van der Waals surface area contributed by atoms with Gasteiger partial charge in [0.25, 0.3) is 0 Å². The fourth-order valence-corrected chi connectivity index (χ4v) is 5.88. The molecular weight excluding hydrogens is 480 g/mol. The van der Waals surface area contributed by atoms with Gasteiger partial charge < -0.3 is 15.5 Å². The van der Waals surface area contributed by atoms with Gasteiger partial charge >= 0.3 is 0 Å². The van der Waals surface area contributed by atoms with Gasteiger partial charge in [-0.2, -0.15) is 0 Å². The molecule has 1 aliphatic carbocycles. The van der Waals surface area contributed by atoms with E-state index in [0.717, 1.165) is 45.1 Å². The van der Waals surface area contributed by atoms with Crippen molar-refractivity contribution >= 4 is 18.2 Å². The molecular formula is C30H48N4O4. The maximum atomic E-state index is 13.7. The molecule has 1 aromatic rings. The van der Waals surface area contributed by atoms with Crippen molar-refractivity contribution < 1.29 is 19.6 Å². The van der Waals surface area contributed by atoms with E-state index in [1.54, 1.807) is 0 Å². The molecule has 212 valence electrons. The number of hydroxylamine groups is 2. The average molecular weight is 529 g/mol. The Morgan fingerprint density at radius 1 is 1.13 bits per heavy atom. The van der Waals surface area contributed by atoms with E-state index in [1.165, 1.54) is 16.7 Å². The van der Waals surface area contributed by atoms with Crippen molar-refractivity contribution in [2.75, 3.05) is 19.6 Å². The molecule has 1 aliphatic heterocycles. The molecule has 0 spiro atoms. The van der Waals surface area contributed by atoms with Gasteiger partial charge in [-0.25, -0.2) is 5.06 Å². The minimum atomic E-state index is -0.677. The number of hydrogen-bond acceptors (Lipinski definition) is 5. The van der Waals surface area contributed by atoms with Gasteiger partial charge in [0, 0.05) is 25.7 Å². The topological polar surface area (TPSA) is 102 Å². The Balaban J connectivity index is 1.58. The summed E-state index contributed by atoms with van der Waals surface area (Å²) in [7, 11) is 0. The van der Waals surface area contributed by atoms with Crippen LogP contribution < -0.4 is 10.6 Å². The van der Waals surface area contributed by atoms with Gasteiger partial charge in [0.1, 0.15) is 6.04 Å². The lowest BCUT2D eigenvalue weighted by atomic mass is 9.84. The lowest BCUT2D eigenvalue weighted by molar-refractivity contribution is -0.156. The van der Waals surface area contributed by atoms with Crippen LogP contribution in [0.25, 0.3) is 0 Å². The van der Waals surface area contributed by atoms with Crippen molar-refractivity contribution in [3.8, 4) is 0 Å². The van der Waals surface area contributed by atoms with E-state index in [0.29, 0.717) is 42.9 Å². The third kappa shape index (κ3) is 8.53. The number of rotatable bonds is 11. The van der Waals surface area contributed by atoms with Crippen LogP contribution in [0, 0.1) is 31.1 Å².